The van der Waals surface area contributed by atoms with Gasteiger partial charge in [-0.2, -0.15) is 0 Å². The van der Waals surface area contributed by atoms with E-state index in [9.17, 15) is 14.0 Å². The number of thioether (sulfide) groups is 1. The van der Waals surface area contributed by atoms with Crippen LogP contribution in [0, 0.1) is 5.82 Å². The van der Waals surface area contributed by atoms with Crippen LogP contribution in [0.3, 0.4) is 0 Å². The van der Waals surface area contributed by atoms with E-state index in [4.69, 9.17) is 4.74 Å². The zero-order valence-electron chi connectivity index (χ0n) is 16.6. The average Bonchev–Trinajstić information content (AvgIpc) is 3.18. The zero-order chi connectivity index (χ0) is 21.5. The molecule has 1 N–H and O–H groups in total. The van der Waals surface area contributed by atoms with E-state index < -0.39 is 11.7 Å². The number of aromatic nitrogens is 3. The first-order valence-electron chi connectivity index (χ1n) is 9.28. The lowest BCUT2D eigenvalue weighted by Crippen LogP contribution is -2.25. The van der Waals surface area contributed by atoms with Gasteiger partial charge in [-0.05, 0) is 43.3 Å². The number of carbonyl (C=O) groups excluding carboxylic acids is 2. The van der Waals surface area contributed by atoms with Gasteiger partial charge in [-0.1, -0.05) is 23.9 Å². The SMILES string of the molecule is CCn1c(CNC(=O)c2ccccc2F)nnc1SCC(=O)c1ccc(OC)cc1. The molecule has 156 valence electrons. The molecule has 7 nitrogen and oxygen atoms in total. The van der Waals surface area contributed by atoms with Gasteiger partial charge in [0.1, 0.15) is 11.6 Å². The molecule has 1 aromatic heterocycles. The first-order chi connectivity index (χ1) is 14.5. The second-order valence-electron chi connectivity index (χ2n) is 6.25. The van der Waals surface area contributed by atoms with Crippen LogP contribution in [0.5, 0.6) is 5.75 Å². The van der Waals surface area contributed by atoms with Crippen molar-refractivity contribution >= 4 is 23.5 Å². The smallest absolute Gasteiger partial charge is 0.254 e. The number of halogens is 1. The Morgan fingerprint density at radius 1 is 1.13 bits per heavy atom. The van der Waals surface area contributed by atoms with Crippen LogP contribution in [0.2, 0.25) is 0 Å². The summed E-state index contributed by atoms with van der Waals surface area (Å²) in [4.78, 5) is 24.6. The number of rotatable bonds is 9. The highest BCUT2D eigenvalue weighted by Crippen LogP contribution is 2.20. The van der Waals surface area contributed by atoms with Crippen molar-refractivity contribution in [3.8, 4) is 5.75 Å². The number of methoxy groups -OCH3 is 1. The quantitative estimate of drug-likeness (QED) is 0.416. The molecule has 3 aromatic rings. The number of amides is 1. The highest BCUT2D eigenvalue weighted by atomic mass is 32.2. The molecule has 0 atom stereocenters. The van der Waals surface area contributed by atoms with Gasteiger partial charge in [-0.15, -0.1) is 10.2 Å². The normalized spacial score (nSPS) is 10.6. The number of benzene rings is 2. The molecule has 0 unspecified atom stereocenters. The van der Waals surface area contributed by atoms with Gasteiger partial charge in [0.25, 0.3) is 5.91 Å². The summed E-state index contributed by atoms with van der Waals surface area (Å²) in [6.45, 7) is 2.58. The molecule has 0 spiro atoms. The highest BCUT2D eigenvalue weighted by molar-refractivity contribution is 7.99. The minimum Gasteiger partial charge on any atom is -0.497 e. The molecule has 2 aromatic carbocycles. The molecule has 3 rings (SSSR count). The third-order valence-corrected chi connectivity index (χ3v) is 5.35. The third-order valence-electron chi connectivity index (χ3n) is 4.38. The molecule has 1 heterocycles. The summed E-state index contributed by atoms with van der Waals surface area (Å²) in [5.41, 5.74) is 0.558. The fraction of sp³-hybridized carbons (Fsp3) is 0.238. The van der Waals surface area contributed by atoms with Crippen molar-refractivity contribution in [1.82, 2.24) is 20.1 Å². The molecule has 0 radical (unpaired) electrons. The standard InChI is InChI=1S/C21H21FN4O3S/c1-3-26-19(12-23-20(28)16-6-4-5-7-17(16)22)24-25-21(26)30-13-18(27)14-8-10-15(29-2)11-9-14/h4-11H,3,12-13H2,1-2H3,(H,23,28). The molecule has 0 bridgehead atoms. The summed E-state index contributed by atoms with van der Waals surface area (Å²) < 4.78 is 20.6. The number of hydrogen-bond donors (Lipinski definition) is 1. The summed E-state index contributed by atoms with van der Waals surface area (Å²) in [6.07, 6.45) is 0. The van der Waals surface area contributed by atoms with E-state index in [1.165, 1.54) is 30.0 Å². The first-order valence-corrected chi connectivity index (χ1v) is 10.3. The minimum atomic E-state index is -0.583. The second-order valence-corrected chi connectivity index (χ2v) is 7.19. The average molecular weight is 428 g/mol. The second kappa shape index (κ2) is 10.0. The molecule has 0 aliphatic rings. The monoisotopic (exact) mass is 428 g/mol. The number of hydrogen-bond acceptors (Lipinski definition) is 6. The Kier molecular flexibility index (Phi) is 7.18. The van der Waals surface area contributed by atoms with Gasteiger partial charge in [0.15, 0.2) is 16.8 Å². The van der Waals surface area contributed by atoms with Gasteiger partial charge in [-0.3, -0.25) is 9.59 Å². The molecule has 30 heavy (non-hydrogen) atoms. The lowest BCUT2D eigenvalue weighted by molar-refractivity contribution is 0.0944. The maximum atomic E-state index is 13.7. The van der Waals surface area contributed by atoms with Crippen molar-refractivity contribution in [3.05, 3.63) is 71.3 Å². The van der Waals surface area contributed by atoms with E-state index >= 15 is 0 Å². The molecule has 0 fully saturated rings. The van der Waals surface area contributed by atoms with Gasteiger partial charge in [0, 0.05) is 12.1 Å². The molecular formula is C21H21FN4O3S. The van der Waals surface area contributed by atoms with Gasteiger partial charge < -0.3 is 14.6 Å². The molecule has 0 saturated carbocycles. The van der Waals surface area contributed by atoms with Crippen LogP contribution in [0.25, 0.3) is 0 Å². The summed E-state index contributed by atoms with van der Waals surface area (Å²) in [7, 11) is 1.57. The molecule has 0 aliphatic heterocycles. The van der Waals surface area contributed by atoms with Crippen LogP contribution in [0.1, 0.15) is 33.5 Å². The number of Topliss-reactive ketones (excluding diaryl/α,β-unsaturated/α-hetero) is 1. The zero-order valence-corrected chi connectivity index (χ0v) is 17.4. The van der Waals surface area contributed by atoms with Crippen molar-refractivity contribution in [2.24, 2.45) is 0 Å². The van der Waals surface area contributed by atoms with Crippen molar-refractivity contribution in [3.63, 3.8) is 0 Å². The first kappa shape index (κ1) is 21.5. The van der Waals surface area contributed by atoms with Crippen molar-refractivity contribution in [2.75, 3.05) is 12.9 Å². The maximum absolute atomic E-state index is 13.7. The molecule has 0 aliphatic carbocycles. The van der Waals surface area contributed by atoms with Crippen LogP contribution in [0.4, 0.5) is 4.39 Å². The Bertz CT molecular complexity index is 1040. The molecule has 9 heteroatoms. The number of nitrogens with one attached hydrogen (secondary N) is 1. The Labute approximate surface area is 177 Å². The van der Waals surface area contributed by atoms with Crippen LogP contribution in [-0.4, -0.2) is 39.3 Å². The fourth-order valence-corrected chi connectivity index (χ4v) is 3.68. The summed E-state index contributed by atoms with van der Waals surface area (Å²) >= 11 is 1.27. The summed E-state index contributed by atoms with van der Waals surface area (Å²) in [5, 5.41) is 11.5. The molecular weight excluding hydrogens is 407 g/mol. The number of carbonyl (C=O) groups is 2. The highest BCUT2D eigenvalue weighted by Gasteiger charge is 2.16. The van der Waals surface area contributed by atoms with E-state index in [1.807, 2.05) is 11.5 Å². The maximum Gasteiger partial charge on any atom is 0.254 e. The van der Waals surface area contributed by atoms with Crippen LogP contribution < -0.4 is 10.1 Å². The van der Waals surface area contributed by atoms with E-state index in [-0.39, 0.29) is 23.6 Å². The fourth-order valence-electron chi connectivity index (χ4n) is 2.76. The van der Waals surface area contributed by atoms with E-state index in [1.54, 1.807) is 37.4 Å². The van der Waals surface area contributed by atoms with Crippen molar-refractivity contribution in [1.29, 1.82) is 0 Å². The van der Waals surface area contributed by atoms with E-state index in [0.29, 0.717) is 28.8 Å². The van der Waals surface area contributed by atoms with Gasteiger partial charge in [0.2, 0.25) is 0 Å². The molecule has 1 amide bonds. The number of nitrogens with zero attached hydrogens (tertiary/aromatic N) is 3. The van der Waals surface area contributed by atoms with Crippen molar-refractivity contribution < 1.29 is 18.7 Å². The third kappa shape index (κ3) is 5.04. The Morgan fingerprint density at radius 2 is 1.87 bits per heavy atom. The number of ketones is 1. The predicted octanol–water partition coefficient (Wildman–Crippen LogP) is 3.35. The van der Waals surface area contributed by atoms with E-state index in [0.717, 1.165) is 0 Å². The largest absolute Gasteiger partial charge is 0.497 e. The minimum absolute atomic E-state index is 0.0280. The van der Waals surface area contributed by atoms with E-state index in [2.05, 4.69) is 15.5 Å². The summed E-state index contributed by atoms with van der Waals surface area (Å²) in [5.74, 6) is 0.269. The number of ether oxygens (including phenoxy) is 1. The topological polar surface area (TPSA) is 86.1 Å². The molecule has 0 saturated heterocycles. The predicted molar refractivity (Wildman–Crippen MR) is 111 cm³/mol. The Hall–Kier alpha value is -3.20. The van der Waals surface area contributed by atoms with Crippen LogP contribution >= 0.6 is 11.8 Å². The van der Waals surface area contributed by atoms with Crippen LogP contribution in [-0.2, 0) is 13.1 Å². The Morgan fingerprint density at radius 3 is 2.53 bits per heavy atom. The Balaban J connectivity index is 1.61. The van der Waals surface area contributed by atoms with Crippen molar-refractivity contribution in [2.45, 2.75) is 25.2 Å². The summed E-state index contributed by atoms with van der Waals surface area (Å²) in [6, 6.07) is 12.7. The van der Waals surface area contributed by atoms with Gasteiger partial charge in [0.05, 0.1) is 25.0 Å². The lowest BCUT2D eigenvalue weighted by atomic mass is 10.1. The van der Waals surface area contributed by atoms with Gasteiger partial charge >= 0.3 is 0 Å². The lowest BCUT2D eigenvalue weighted by Gasteiger charge is -2.09. The van der Waals surface area contributed by atoms with Crippen LogP contribution in [0.15, 0.2) is 53.7 Å². The van der Waals surface area contributed by atoms with Gasteiger partial charge in [-0.25, -0.2) is 4.39 Å².